The summed E-state index contributed by atoms with van der Waals surface area (Å²) in [6.07, 6.45) is 2.25. The summed E-state index contributed by atoms with van der Waals surface area (Å²) in [5.41, 5.74) is 1.11. The number of carbonyl (C=O) groups is 2. The lowest BCUT2D eigenvalue weighted by Gasteiger charge is -2.06. The van der Waals surface area contributed by atoms with Crippen LogP contribution < -0.4 is 10.6 Å². The van der Waals surface area contributed by atoms with Gasteiger partial charge in [-0.2, -0.15) is 0 Å². The molecule has 2 rings (SSSR count). The zero-order chi connectivity index (χ0) is 15.2. The number of aryl methyl sites for hydroxylation is 1. The Morgan fingerprint density at radius 1 is 1.38 bits per heavy atom. The van der Waals surface area contributed by atoms with E-state index in [1.807, 2.05) is 13.0 Å². The molecule has 0 fully saturated rings. The maximum absolute atomic E-state index is 11.6. The number of hydrogen-bond acceptors (Lipinski definition) is 4. The van der Waals surface area contributed by atoms with Gasteiger partial charge in [0, 0.05) is 17.6 Å². The molecule has 0 atom stereocenters. The van der Waals surface area contributed by atoms with Gasteiger partial charge in [0.2, 0.25) is 0 Å². The molecule has 1 aromatic heterocycles. The number of nitrogens with one attached hydrogen (secondary N) is 2. The molecular formula is C14H15N3O3S. The number of aromatic nitrogens is 1. The Bertz CT molecular complexity index is 654. The highest BCUT2D eigenvalue weighted by atomic mass is 32.1. The van der Waals surface area contributed by atoms with E-state index in [4.69, 9.17) is 5.11 Å². The van der Waals surface area contributed by atoms with E-state index in [9.17, 15) is 9.59 Å². The maximum atomic E-state index is 11.6. The Kier molecular flexibility index (Phi) is 4.89. The second kappa shape index (κ2) is 6.85. The molecule has 0 aliphatic rings. The third-order valence-electron chi connectivity index (χ3n) is 2.71. The van der Waals surface area contributed by atoms with Gasteiger partial charge in [-0.25, -0.2) is 14.6 Å². The molecule has 3 N–H and O–H groups in total. The fourth-order valence-corrected chi connectivity index (χ4v) is 2.39. The minimum Gasteiger partial charge on any atom is -0.478 e. The van der Waals surface area contributed by atoms with Crippen molar-refractivity contribution < 1.29 is 14.7 Å². The molecule has 0 spiro atoms. The minimum absolute atomic E-state index is 0.246. The highest BCUT2D eigenvalue weighted by molar-refractivity contribution is 7.15. The molecule has 6 nitrogen and oxygen atoms in total. The number of rotatable bonds is 5. The third kappa shape index (κ3) is 4.57. The molecule has 0 saturated carbocycles. The van der Waals surface area contributed by atoms with Crippen LogP contribution in [0.4, 0.5) is 9.93 Å². The number of carboxylic acids is 1. The number of urea groups is 1. The Hall–Kier alpha value is -2.41. The molecule has 0 bridgehead atoms. The van der Waals surface area contributed by atoms with E-state index in [1.165, 1.54) is 17.4 Å². The SMILES string of the molecule is Cc1cnc(NC(=O)NCCc2cccc(C(=O)O)c2)s1. The van der Waals surface area contributed by atoms with Crippen molar-refractivity contribution in [2.45, 2.75) is 13.3 Å². The van der Waals surface area contributed by atoms with Crippen LogP contribution in [0.5, 0.6) is 0 Å². The highest BCUT2D eigenvalue weighted by Crippen LogP contribution is 2.15. The summed E-state index contributed by atoms with van der Waals surface area (Å²) < 4.78 is 0. The van der Waals surface area contributed by atoms with Gasteiger partial charge >= 0.3 is 12.0 Å². The molecule has 7 heteroatoms. The van der Waals surface area contributed by atoms with Crippen LogP contribution in [-0.4, -0.2) is 28.6 Å². The standard InChI is InChI=1S/C14H15N3O3S/c1-9-8-16-14(21-9)17-13(20)15-6-5-10-3-2-4-11(7-10)12(18)19/h2-4,7-8H,5-6H2,1H3,(H,18,19)(H2,15,16,17,20). The summed E-state index contributed by atoms with van der Waals surface area (Å²) in [7, 11) is 0. The first kappa shape index (κ1) is 15.0. The predicted molar refractivity (Wildman–Crippen MR) is 81.0 cm³/mol. The monoisotopic (exact) mass is 305 g/mol. The Morgan fingerprint density at radius 2 is 2.19 bits per heavy atom. The molecule has 2 amide bonds. The molecular weight excluding hydrogens is 290 g/mol. The van der Waals surface area contributed by atoms with Gasteiger partial charge in [0.05, 0.1) is 5.56 Å². The van der Waals surface area contributed by atoms with Crippen molar-refractivity contribution in [3.63, 3.8) is 0 Å². The zero-order valence-electron chi connectivity index (χ0n) is 11.4. The van der Waals surface area contributed by atoms with Gasteiger partial charge in [-0.1, -0.05) is 12.1 Å². The number of nitrogens with zero attached hydrogens (tertiary/aromatic N) is 1. The molecule has 0 saturated heterocycles. The van der Waals surface area contributed by atoms with Crippen LogP contribution in [0.25, 0.3) is 0 Å². The first-order valence-electron chi connectivity index (χ1n) is 6.34. The largest absolute Gasteiger partial charge is 0.478 e. The van der Waals surface area contributed by atoms with E-state index in [0.29, 0.717) is 18.1 Å². The van der Waals surface area contributed by atoms with Crippen molar-refractivity contribution in [2.24, 2.45) is 0 Å². The summed E-state index contributed by atoms with van der Waals surface area (Å²) in [6, 6.07) is 6.34. The van der Waals surface area contributed by atoms with E-state index in [1.54, 1.807) is 18.3 Å². The fraction of sp³-hybridized carbons (Fsp3) is 0.214. The molecule has 0 aliphatic carbocycles. The molecule has 1 aromatic carbocycles. The predicted octanol–water partition coefficient (Wildman–Crippen LogP) is 2.51. The first-order valence-corrected chi connectivity index (χ1v) is 7.16. The lowest BCUT2D eigenvalue weighted by molar-refractivity contribution is 0.0696. The highest BCUT2D eigenvalue weighted by Gasteiger charge is 2.06. The average molecular weight is 305 g/mol. The van der Waals surface area contributed by atoms with Crippen LogP contribution >= 0.6 is 11.3 Å². The Balaban J connectivity index is 1.80. The molecule has 21 heavy (non-hydrogen) atoms. The normalized spacial score (nSPS) is 10.1. The van der Waals surface area contributed by atoms with E-state index in [-0.39, 0.29) is 11.6 Å². The Morgan fingerprint density at radius 3 is 2.86 bits per heavy atom. The van der Waals surface area contributed by atoms with Gasteiger partial charge in [-0.05, 0) is 31.0 Å². The van der Waals surface area contributed by atoms with Crippen molar-refractivity contribution in [2.75, 3.05) is 11.9 Å². The van der Waals surface area contributed by atoms with Crippen molar-refractivity contribution in [1.82, 2.24) is 10.3 Å². The summed E-state index contributed by atoms with van der Waals surface area (Å²) in [4.78, 5) is 27.6. The van der Waals surface area contributed by atoms with Gasteiger partial charge in [0.25, 0.3) is 0 Å². The number of hydrogen-bond donors (Lipinski definition) is 3. The van der Waals surface area contributed by atoms with Crippen molar-refractivity contribution in [1.29, 1.82) is 0 Å². The molecule has 2 aromatic rings. The van der Waals surface area contributed by atoms with Crippen LogP contribution in [0.15, 0.2) is 30.5 Å². The number of carbonyl (C=O) groups excluding carboxylic acids is 1. The smallest absolute Gasteiger partial charge is 0.335 e. The van der Waals surface area contributed by atoms with Crippen molar-refractivity contribution in [3.05, 3.63) is 46.5 Å². The second-order valence-corrected chi connectivity index (χ2v) is 5.65. The van der Waals surface area contributed by atoms with Gasteiger partial charge in [-0.15, -0.1) is 11.3 Å². The summed E-state index contributed by atoms with van der Waals surface area (Å²) in [5.74, 6) is -0.957. The van der Waals surface area contributed by atoms with E-state index < -0.39 is 5.97 Å². The van der Waals surface area contributed by atoms with Gasteiger partial charge in [-0.3, -0.25) is 5.32 Å². The van der Waals surface area contributed by atoms with Gasteiger partial charge in [0.1, 0.15) is 0 Å². The molecule has 0 radical (unpaired) electrons. The number of anilines is 1. The third-order valence-corrected chi connectivity index (χ3v) is 3.54. The van der Waals surface area contributed by atoms with Crippen LogP contribution in [0, 0.1) is 6.92 Å². The summed E-state index contributed by atoms with van der Waals surface area (Å²) >= 11 is 1.40. The van der Waals surface area contributed by atoms with Gasteiger partial charge in [0.15, 0.2) is 5.13 Å². The van der Waals surface area contributed by atoms with E-state index in [0.717, 1.165) is 10.4 Å². The quantitative estimate of drug-likeness (QED) is 0.791. The summed E-state index contributed by atoms with van der Waals surface area (Å²) in [5, 5.41) is 14.8. The number of aromatic carboxylic acids is 1. The number of benzene rings is 1. The second-order valence-electron chi connectivity index (χ2n) is 4.41. The minimum atomic E-state index is -0.957. The Labute approximate surface area is 125 Å². The number of carboxylic acid groups (broad SMARTS) is 1. The maximum Gasteiger partial charge on any atom is 0.335 e. The van der Waals surface area contributed by atoms with Crippen LogP contribution in [-0.2, 0) is 6.42 Å². The molecule has 0 aliphatic heterocycles. The van der Waals surface area contributed by atoms with E-state index in [2.05, 4.69) is 15.6 Å². The lowest BCUT2D eigenvalue weighted by atomic mass is 10.1. The van der Waals surface area contributed by atoms with Crippen LogP contribution in [0.2, 0.25) is 0 Å². The number of thiazole rings is 1. The lowest BCUT2D eigenvalue weighted by Crippen LogP contribution is -2.30. The van der Waals surface area contributed by atoms with Gasteiger partial charge < -0.3 is 10.4 Å². The van der Waals surface area contributed by atoms with Crippen LogP contribution in [0.3, 0.4) is 0 Å². The summed E-state index contributed by atoms with van der Waals surface area (Å²) in [6.45, 7) is 2.33. The van der Waals surface area contributed by atoms with Crippen molar-refractivity contribution in [3.8, 4) is 0 Å². The molecule has 1 heterocycles. The first-order chi connectivity index (χ1) is 10.0. The van der Waals surface area contributed by atoms with Crippen LogP contribution in [0.1, 0.15) is 20.8 Å². The molecule has 110 valence electrons. The van der Waals surface area contributed by atoms with Crippen molar-refractivity contribution >= 4 is 28.5 Å². The van der Waals surface area contributed by atoms with E-state index >= 15 is 0 Å². The average Bonchev–Trinajstić information content (AvgIpc) is 2.84. The fourth-order valence-electron chi connectivity index (χ4n) is 1.73. The molecule has 0 unspecified atom stereocenters. The number of amides is 2. The zero-order valence-corrected chi connectivity index (χ0v) is 12.2. The topological polar surface area (TPSA) is 91.3 Å².